The molecule has 0 heterocycles. The van der Waals surface area contributed by atoms with Crippen molar-refractivity contribution in [1.82, 2.24) is 4.72 Å². The van der Waals surface area contributed by atoms with E-state index in [9.17, 15) is 8.42 Å². The quantitative estimate of drug-likeness (QED) is 0.673. The zero-order valence-electron chi connectivity index (χ0n) is 15.9. The minimum absolute atomic E-state index is 0.0503. The predicted octanol–water partition coefficient (Wildman–Crippen LogP) is 4.72. The Morgan fingerprint density at radius 1 is 0.778 bits per heavy atom. The molecule has 0 fully saturated rings. The summed E-state index contributed by atoms with van der Waals surface area (Å²) in [5.41, 5.74) is 5.66. The van der Waals surface area contributed by atoms with Crippen LogP contribution in [-0.4, -0.2) is 15.0 Å². The molecule has 0 radical (unpaired) electrons. The van der Waals surface area contributed by atoms with Crippen molar-refractivity contribution in [3.8, 4) is 0 Å². The van der Waals surface area contributed by atoms with Gasteiger partial charge >= 0.3 is 0 Å². The Labute approximate surface area is 162 Å². The van der Waals surface area contributed by atoms with Gasteiger partial charge < -0.3 is 0 Å². The first-order chi connectivity index (χ1) is 12.9. The molecule has 0 aromatic heterocycles. The molecule has 0 amide bonds. The van der Waals surface area contributed by atoms with Gasteiger partial charge in [-0.25, -0.2) is 13.1 Å². The fourth-order valence-corrected chi connectivity index (χ4v) is 4.14. The zero-order chi connectivity index (χ0) is 19.4. The fourth-order valence-electron chi connectivity index (χ4n) is 3.09. The number of hydrogen-bond donors (Lipinski definition) is 1. The van der Waals surface area contributed by atoms with Crippen LogP contribution in [0.1, 0.15) is 33.7 Å². The molecular formula is C23H25NO2S. The van der Waals surface area contributed by atoms with Gasteiger partial charge in [-0.05, 0) is 55.2 Å². The van der Waals surface area contributed by atoms with Gasteiger partial charge in [0, 0.05) is 12.5 Å². The predicted molar refractivity (Wildman–Crippen MR) is 111 cm³/mol. The van der Waals surface area contributed by atoms with E-state index in [2.05, 4.69) is 36.8 Å². The molecule has 0 aliphatic heterocycles. The van der Waals surface area contributed by atoms with E-state index in [1.807, 2.05) is 49.4 Å². The van der Waals surface area contributed by atoms with E-state index in [1.165, 1.54) is 11.1 Å². The molecule has 3 aromatic carbocycles. The number of nitrogens with one attached hydrogen (secondary N) is 1. The Morgan fingerprint density at radius 2 is 1.44 bits per heavy atom. The van der Waals surface area contributed by atoms with E-state index < -0.39 is 10.0 Å². The van der Waals surface area contributed by atoms with E-state index in [1.54, 1.807) is 12.1 Å². The number of hydrogen-bond acceptors (Lipinski definition) is 2. The first-order valence-electron chi connectivity index (χ1n) is 9.05. The lowest BCUT2D eigenvalue weighted by atomic mass is 9.89. The van der Waals surface area contributed by atoms with Gasteiger partial charge in [-0.2, -0.15) is 0 Å². The highest BCUT2D eigenvalue weighted by molar-refractivity contribution is 7.89. The molecule has 1 atom stereocenters. The maximum Gasteiger partial charge on any atom is 0.240 e. The second-order valence-corrected chi connectivity index (χ2v) is 8.74. The Balaban J connectivity index is 1.90. The SMILES string of the molecule is Cc1ccc(S(=O)(=O)NCC(c2ccccc2)c2ccc(C)c(C)c2)cc1. The van der Waals surface area contributed by atoms with Gasteiger partial charge in [0.1, 0.15) is 0 Å². The summed E-state index contributed by atoms with van der Waals surface area (Å²) in [5.74, 6) is -0.0503. The largest absolute Gasteiger partial charge is 0.240 e. The van der Waals surface area contributed by atoms with Crippen molar-refractivity contribution in [2.75, 3.05) is 6.54 Å². The van der Waals surface area contributed by atoms with Gasteiger partial charge in [-0.3, -0.25) is 0 Å². The molecular weight excluding hydrogens is 354 g/mol. The fraction of sp³-hybridized carbons (Fsp3) is 0.217. The summed E-state index contributed by atoms with van der Waals surface area (Å²) >= 11 is 0. The number of rotatable bonds is 6. The first kappa shape index (κ1) is 19.3. The average molecular weight is 380 g/mol. The summed E-state index contributed by atoms with van der Waals surface area (Å²) in [5, 5.41) is 0. The van der Waals surface area contributed by atoms with Crippen molar-refractivity contribution in [2.24, 2.45) is 0 Å². The minimum Gasteiger partial charge on any atom is -0.210 e. The molecule has 140 valence electrons. The summed E-state index contributed by atoms with van der Waals surface area (Å²) in [4.78, 5) is 0.292. The van der Waals surface area contributed by atoms with Gasteiger partial charge in [0.25, 0.3) is 0 Å². The molecule has 1 N–H and O–H groups in total. The van der Waals surface area contributed by atoms with Gasteiger partial charge in [0.15, 0.2) is 0 Å². The molecule has 1 unspecified atom stereocenters. The number of benzene rings is 3. The Hall–Kier alpha value is -2.43. The second-order valence-electron chi connectivity index (χ2n) is 6.97. The highest BCUT2D eigenvalue weighted by Gasteiger charge is 2.20. The lowest BCUT2D eigenvalue weighted by Gasteiger charge is -2.20. The highest BCUT2D eigenvalue weighted by atomic mass is 32.2. The molecule has 0 saturated carbocycles. The van der Waals surface area contributed by atoms with Crippen molar-refractivity contribution in [3.63, 3.8) is 0 Å². The van der Waals surface area contributed by atoms with Crippen LogP contribution in [0.15, 0.2) is 77.7 Å². The zero-order valence-corrected chi connectivity index (χ0v) is 16.8. The van der Waals surface area contributed by atoms with Gasteiger partial charge in [0.05, 0.1) is 4.90 Å². The van der Waals surface area contributed by atoms with E-state index in [-0.39, 0.29) is 5.92 Å². The second kappa shape index (κ2) is 8.07. The Bertz CT molecular complexity index is 1010. The lowest BCUT2D eigenvalue weighted by Crippen LogP contribution is -2.29. The molecule has 0 bridgehead atoms. The number of aryl methyl sites for hydroxylation is 3. The Kier molecular flexibility index (Phi) is 5.78. The normalized spacial score (nSPS) is 12.7. The van der Waals surface area contributed by atoms with Crippen LogP contribution in [0.2, 0.25) is 0 Å². The molecule has 0 aliphatic carbocycles. The van der Waals surface area contributed by atoms with E-state index in [0.717, 1.165) is 16.7 Å². The van der Waals surface area contributed by atoms with Crippen LogP contribution in [0, 0.1) is 20.8 Å². The summed E-state index contributed by atoms with van der Waals surface area (Å²) in [6.45, 7) is 6.41. The van der Waals surface area contributed by atoms with Crippen molar-refractivity contribution >= 4 is 10.0 Å². The smallest absolute Gasteiger partial charge is 0.210 e. The lowest BCUT2D eigenvalue weighted by molar-refractivity contribution is 0.577. The summed E-state index contributed by atoms with van der Waals surface area (Å²) in [7, 11) is -3.56. The van der Waals surface area contributed by atoms with Gasteiger partial charge in [-0.1, -0.05) is 66.2 Å². The molecule has 0 saturated heterocycles. The molecule has 0 aliphatic rings. The molecule has 4 heteroatoms. The van der Waals surface area contributed by atoms with Gasteiger partial charge in [-0.15, -0.1) is 0 Å². The third-order valence-corrected chi connectivity index (χ3v) is 6.38. The summed E-state index contributed by atoms with van der Waals surface area (Å²) in [6.07, 6.45) is 0. The van der Waals surface area contributed by atoms with Gasteiger partial charge in [0.2, 0.25) is 10.0 Å². The van der Waals surface area contributed by atoms with E-state index in [4.69, 9.17) is 0 Å². The topological polar surface area (TPSA) is 46.2 Å². The first-order valence-corrected chi connectivity index (χ1v) is 10.5. The molecule has 3 aromatic rings. The molecule has 3 nitrogen and oxygen atoms in total. The van der Waals surface area contributed by atoms with Crippen LogP contribution in [0.3, 0.4) is 0 Å². The number of sulfonamides is 1. The highest BCUT2D eigenvalue weighted by Crippen LogP contribution is 2.26. The van der Waals surface area contributed by atoms with Crippen LogP contribution in [0.25, 0.3) is 0 Å². The molecule has 3 rings (SSSR count). The Morgan fingerprint density at radius 3 is 2.07 bits per heavy atom. The van der Waals surface area contributed by atoms with Crippen molar-refractivity contribution in [1.29, 1.82) is 0 Å². The van der Waals surface area contributed by atoms with Crippen LogP contribution >= 0.6 is 0 Å². The third-order valence-electron chi connectivity index (χ3n) is 4.94. The minimum atomic E-state index is -3.56. The maximum atomic E-state index is 12.7. The monoisotopic (exact) mass is 379 g/mol. The van der Waals surface area contributed by atoms with Crippen LogP contribution < -0.4 is 4.72 Å². The van der Waals surface area contributed by atoms with Crippen LogP contribution in [-0.2, 0) is 10.0 Å². The molecule has 0 spiro atoms. The summed E-state index contributed by atoms with van der Waals surface area (Å²) in [6, 6.07) is 23.3. The standard InChI is InChI=1S/C23H25NO2S/c1-17-9-13-22(14-10-17)27(25,26)24-16-23(20-7-5-4-6-8-20)21-12-11-18(2)19(3)15-21/h4-15,23-24H,16H2,1-3H3. The van der Waals surface area contributed by atoms with Crippen LogP contribution in [0.4, 0.5) is 0 Å². The van der Waals surface area contributed by atoms with Crippen molar-refractivity contribution in [3.05, 3.63) is 101 Å². The van der Waals surface area contributed by atoms with Crippen LogP contribution in [0.5, 0.6) is 0 Å². The third kappa shape index (κ3) is 4.65. The average Bonchev–Trinajstić information content (AvgIpc) is 2.66. The van der Waals surface area contributed by atoms with Crippen molar-refractivity contribution < 1.29 is 8.42 Å². The van der Waals surface area contributed by atoms with Crippen molar-refractivity contribution in [2.45, 2.75) is 31.6 Å². The summed E-state index contributed by atoms with van der Waals surface area (Å²) < 4.78 is 28.2. The van der Waals surface area contributed by atoms with E-state index in [0.29, 0.717) is 11.4 Å². The van der Waals surface area contributed by atoms with E-state index >= 15 is 0 Å². The maximum absolute atomic E-state index is 12.7. The molecule has 27 heavy (non-hydrogen) atoms.